The first kappa shape index (κ1) is 12.5. The minimum atomic E-state index is -0.363. The van der Waals surface area contributed by atoms with E-state index in [0.717, 1.165) is 16.5 Å². The molecule has 0 saturated carbocycles. The summed E-state index contributed by atoms with van der Waals surface area (Å²) in [6.45, 7) is 1.88. The fourth-order valence-electron chi connectivity index (χ4n) is 1.59. The van der Waals surface area contributed by atoms with Crippen molar-refractivity contribution in [3.8, 4) is 0 Å². The van der Waals surface area contributed by atoms with E-state index < -0.39 is 0 Å². The van der Waals surface area contributed by atoms with Crippen LogP contribution in [-0.2, 0) is 4.74 Å². The number of hydrogen-bond donors (Lipinski definition) is 0. The summed E-state index contributed by atoms with van der Waals surface area (Å²) >= 11 is 0. The normalized spacial score (nSPS) is 9.62. The number of halogens is 1. The lowest BCUT2D eigenvalue weighted by molar-refractivity contribution is -0.590. The molecular formula is C12H12ClNO2. The van der Waals surface area contributed by atoms with Crippen LogP contribution in [0.1, 0.15) is 5.69 Å². The fourth-order valence-corrected chi connectivity index (χ4v) is 1.59. The Balaban J connectivity index is 0.00000128. The number of hydrogen-bond acceptors (Lipinski definition) is 2. The number of aromatic nitrogens is 1. The van der Waals surface area contributed by atoms with E-state index in [4.69, 9.17) is 4.74 Å². The highest BCUT2D eigenvalue weighted by Crippen LogP contribution is 2.11. The number of rotatable bonds is 0. The number of ether oxygens (including phenoxy) is 1. The molecular weight excluding hydrogens is 226 g/mol. The van der Waals surface area contributed by atoms with Gasteiger partial charge in [0, 0.05) is 18.4 Å². The standard InChI is InChI=1S/C12H12NO2.ClH/c1-9-7-10-5-3-4-6-11(10)8-13(9)12(14)15-2;/h3-8H,1-2H3;1H/q+1;/p-1. The highest BCUT2D eigenvalue weighted by atomic mass is 35.5. The maximum Gasteiger partial charge on any atom is 0.601 e. The van der Waals surface area contributed by atoms with Crippen LogP contribution in [0.2, 0.25) is 0 Å². The van der Waals surface area contributed by atoms with Gasteiger partial charge in [-0.05, 0) is 11.5 Å². The Bertz CT molecular complexity index is 525. The van der Waals surface area contributed by atoms with Gasteiger partial charge < -0.3 is 17.1 Å². The van der Waals surface area contributed by atoms with E-state index in [-0.39, 0.29) is 18.5 Å². The summed E-state index contributed by atoms with van der Waals surface area (Å²) < 4.78 is 6.19. The molecule has 2 rings (SSSR count). The molecule has 1 aromatic heterocycles. The largest absolute Gasteiger partial charge is 1.00 e. The summed E-state index contributed by atoms with van der Waals surface area (Å²) in [6.07, 6.45) is 1.43. The topological polar surface area (TPSA) is 30.2 Å². The number of pyridine rings is 1. The van der Waals surface area contributed by atoms with Crippen LogP contribution in [0.3, 0.4) is 0 Å². The summed E-state index contributed by atoms with van der Waals surface area (Å²) in [5.41, 5.74) is 0.862. The third-order valence-corrected chi connectivity index (χ3v) is 2.38. The average Bonchev–Trinajstić information content (AvgIpc) is 2.27. The van der Waals surface area contributed by atoms with Crippen molar-refractivity contribution in [3.63, 3.8) is 0 Å². The average molecular weight is 238 g/mol. The van der Waals surface area contributed by atoms with Gasteiger partial charge in [-0.25, -0.2) is 0 Å². The minimum Gasteiger partial charge on any atom is -1.00 e. The molecule has 0 saturated heterocycles. The summed E-state index contributed by atoms with van der Waals surface area (Å²) in [5.74, 6) is 0. The molecule has 84 valence electrons. The highest BCUT2D eigenvalue weighted by Gasteiger charge is 2.18. The van der Waals surface area contributed by atoms with Crippen LogP contribution >= 0.6 is 0 Å². The molecule has 0 unspecified atom stereocenters. The second-order valence-corrected chi connectivity index (χ2v) is 3.38. The van der Waals surface area contributed by atoms with Crippen LogP contribution in [0.15, 0.2) is 36.5 Å². The van der Waals surface area contributed by atoms with Gasteiger partial charge in [-0.2, -0.15) is 4.79 Å². The Morgan fingerprint density at radius 1 is 1.25 bits per heavy atom. The van der Waals surface area contributed by atoms with E-state index in [1.165, 1.54) is 11.7 Å². The summed E-state index contributed by atoms with van der Waals surface area (Å²) in [6, 6.07) is 9.87. The summed E-state index contributed by atoms with van der Waals surface area (Å²) in [5, 5.41) is 2.14. The second-order valence-electron chi connectivity index (χ2n) is 3.38. The lowest BCUT2D eigenvalue weighted by atomic mass is 10.1. The maximum absolute atomic E-state index is 11.4. The smallest absolute Gasteiger partial charge is 0.601 e. The van der Waals surface area contributed by atoms with Gasteiger partial charge in [0.1, 0.15) is 0 Å². The quantitative estimate of drug-likeness (QED) is 0.554. The van der Waals surface area contributed by atoms with Gasteiger partial charge in [-0.1, -0.05) is 22.8 Å². The van der Waals surface area contributed by atoms with Gasteiger partial charge in [0.05, 0.1) is 7.11 Å². The zero-order valence-corrected chi connectivity index (χ0v) is 9.86. The predicted molar refractivity (Wildman–Crippen MR) is 56.7 cm³/mol. The molecule has 0 amide bonds. The van der Waals surface area contributed by atoms with E-state index in [9.17, 15) is 4.79 Å². The van der Waals surface area contributed by atoms with Crippen molar-refractivity contribution in [3.05, 3.63) is 42.2 Å². The lowest BCUT2D eigenvalue weighted by Gasteiger charge is -1.99. The molecule has 3 nitrogen and oxygen atoms in total. The third-order valence-electron chi connectivity index (χ3n) is 2.38. The first-order valence-corrected chi connectivity index (χ1v) is 4.72. The van der Waals surface area contributed by atoms with Crippen LogP contribution in [0.25, 0.3) is 10.8 Å². The van der Waals surface area contributed by atoms with Crippen LogP contribution in [0, 0.1) is 6.92 Å². The van der Waals surface area contributed by atoms with Gasteiger partial charge in [0.25, 0.3) is 0 Å². The van der Waals surface area contributed by atoms with Crippen LogP contribution in [0.4, 0.5) is 4.79 Å². The molecule has 0 spiro atoms. The Hall–Kier alpha value is -1.61. The van der Waals surface area contributed by atoms with E-state index in [1.807, 2.05) is 37.3 Å². The van der Waals surface area contributed by atoms with E-state index in [1.54, 1.807) is 6.20 Å². The van der Waals surface area contributed by atoms with E-state index in [2.05, 4.69) is 0 Å². The number of carbonyl (C=O) groups is 1. The molecule has 1 heterocycles. The van der Waals surface area contributed by atoms with Crippen LogP contribution in [-0.4, -0.2) is 13.2 Å². The number of fused-ring (bicyclic) bond motifs is 1. The molecule has 1 aromatic carbocycles. The van der Waals surface area contributed by atoms with Gasteiger partial charge in [-0.3, -0.25) is 0 Å². The maximum atomic E-state index is 11.4. The number of methoxy groups -OCH3 is 1. The zero-order chi connectivity index (χ0) is 10.8. The Kier molecular flexibility index (Phi) is 3.85. The fraction of sp³-hybridized carbons (Fsp3) is 0.167. The molecule has 0 N–H and O–H groups in total. The molecule has 0 fully saturated rings. The molecule has 0 atom stereocenters. The zero-order valence-electron chi connectivity index (χ0n) is 9.11. The summed E-state index contributed by atoms with van der Waals surface area (Å²) in [4.78, 5) is 11.4. The molecule has 4 heteroatoms. The van der Waals surface area contributed by atoms with Crippen molar-refractivity contribution in [2.45, 2.75) is 6.92 Å². The van der Waals surface area contributed by atoms with Gasteiger partial charge in [0.2, 0.25) is 0 Å². The van der Waals surface area contributed by atoms with Gasteiger partial charge >= 0.3 is 6.09 Å². The van der Waals surface area contributed by atoms with Crippen LogP contribution < -0.4 is 17.0 Å². The van der Waals surface area contributed by atoms with E-state index >= 15 is 0 Å². The van der Waals surface area contributed by atoms with Crippen molar-refractivity contribution in [2.24, 2.45) is 0 Å². The first-order chi connectivity index (χ1) is 7.22. The minimum absolute atomic E-state index is 0. The van der Waals surface area contributed by atoms with Crippen molar-refractivity contribution < 1.29 is 26.5 Å². The van der Waals surface area contributed by atoms with Crippen molar-refractivity contribution in [1.29, 1.82) is 0 Å². The number of aryl methyl sites for hydroxylation is 1. The monoisotopic (exact) mass is 237 g/mol. The van der Waals surface area contributed by atoms with E-state index in [0.29, 0.717) is 0 Å². The molecule has 0 aliphatic rings. The van der Waals surface area contributed by atoms with Gasteiger partial charge in [0.15, 0.2) is 11.9 Å². The number of carbonyl (C=O) groups excluding carboxylic acids is 1. The van der Waals surface area contributed by atoms with Crippen molar-refractivity contribution in [2.75, 3.05) is 7.11 Å². The third kappa shape index (κ3) is 2.14. The van der Waals surface area contributed by atoms with Gasteiger partial charge in [-0.15, -0.1) is 0 Å². The Morgan fingerprint density at radius 3 is 2.50 bits per heavy atom. The Labute approximate surface area is 100 Å². The molecule has 2 aromatic rings. The summed E-state index contributed by atoms with van der Waals surface area (Å²) in [7, 11) is 1.38. The second kappa shape index (κ2) is 4.94. The molecule has 0 bridgehead atoms. The number of nitrogens with zero attached hydrogens (tertiary/aromatic N) is 1. The van der Waals surface area contributed by atoms with Crippen molar-refractivity contribution in [1.82, 2.24) is 0 Å². The first-order valence-electron chi connectivity index (χ1n) is 4.72. The highest BCUT2D eigenvalue weighted by molar-refractivity contribution is 5.81. The lowest BCUT2D eigenvalue weighted by Crippen LogP contribution is -3.00. The predicted octanol–water partition coefficient (Wildman–Crippen LogP) is -0.946. The molecule has 0 radical (unpaired) electrons. The van der Waals surface area contributed by atoms with Crippen molar-refractivity contribution >= 4 is 16.9 Å². The molecule has 0 aliphatic heterocycles. The number of benzene rings is 1. The van der Waals surface area contributed by atoms with Crippen LogP contribution in [0.5, 0.6) is 0 Å². The SMILES string of the molecule is COC(=O)[n+]1cc2ccccc2cc1C.[Cl-]. The molecule has 0 aliphatic carbocycles. The Morgan fingerprint density at radius 2 is 1.88 bits per heavy atom. The molecule has 16 heavy (non-hydrogen) atoms.